The molecule has 0 spiro atoms. The van der Waals surface area contributed by atoms with Crippen molar-refractivity contribution in [3.63, 3.8) is 0 Å². The highest BCUT2D eigenvalue weighted by atomic mass is 19.4. The summed E-state index contributed by atoms with van der Waals surface area (Å²) >= 11 is 0. The van der Waals surface area contributed by atoms with Gasteiger partial charge in [0.2, 0.25) is 5.92 Å². The Morgan fingerprint density at radius 3 is 2.23 bits per heavy atom. The van der Waals surface area contributed by atoms with Crippen LogP contribution in [0.25, 0.3) is 0 Å². The van der Waals surface area contributed by atoms with Crippen LogP contribution in [0.2, 0.25) is 6.32 Å². The summed E-state index contributed by atoms with van der Waals surface area (Å²) in [5.41, 5.74) is 0. The monoisotopic (exact) mass is 201 g/mol. The van der Waals surface area contributed by atoms with Crippen LogP contribution in [0.4, 0.5) is 21.7 Å². The number of hydrogen-bond donors (Lipinski definition) is 0. The van der Waals surface area contributed by atoms with Crippen LogP contribution in [0, 0.1) is 5.92 Å². The predicted molar refractivity (Wildman–Crippen MR) is 40.8 cm³/mol. The van der Waals surface area contributed by atoms with Crippen molar-refractivity contribution in [2.24, 2.45) is 5.92 Å². The summed E-state index contributed by atoms with van der Waals surface area (Å²) in [7, 11) is 0. The number of rotatable bonds is 2. The molecule has 1 saturated carbocycles. The molecule has 1 fully saturated rings. The lowest BCUT2D eigenvalue weighted by Crippen LogP contribution is -2.36. The molecule has 1 aliphatic carbocycles. The lowest BCUT2D eigenvalue weighted by Gasteiger charge is -2.34. The molecule has 0 aromatic rings. The van der Waals surface area contributed by atoms with E-state index in [1.54, 1.807) is 0 Å². The SMILES string of the molecule is F[B-](F)(F)CC1CCCCC1(F)F. The summed E-state index contributed by atoms with van der Waals surface area (Å²) in [4.78, 5) is 0. The third-order valence-corrected chi connectivity index (χ3v) is 2.46. The molecule has 0 radical (unpaired) electrons. The maximum atomic E-state index is 12.9. The minimum Gasteiger partial charge on any atom is -0.449 e. The Morgan fingerprint density at radius 1 is 1.15 bits per heavy atom. The third-order valence-electron chi connectivity index (χ3n) is 2.46. The fraction of sp³-hybridized carbons (Fsp3) is 1.00. The molecule has 0 saturated heterocycles. The van der Waals surface area contributed by atoms with E-state index < -0.39 is 25.1 Å². The fourth-order valence-corrected chi connectivity index (χ4v) is 1.78. The molecule has 0 aromatic heterocycles. The Balaban J connectivity index is 2.56. The number of halogens is 5. The van der Waals surface area contributed by atoms with Crippen molar-refractivity contribution in [3.05, 3.63) is 0 Å². The fourth-order valence-electron chi connectivity index (χ4n) is 1.78. The third kappa shape index (κ3) is 3.16. The van der Waals surface area contributed by atoms with Gasteiger partial charge in [-0.1, -0.05) is 12.7 Å². The van der Waals surface area contributed by atoms with Gasteiger partial charge in [0.05, 0.1) is 0 Å². The molecule has 1 aliphatic rings. The van der Waals surface area contributed by atoms with Gasteiger partial charge in [0, 0.05) is 6.42 Å². The molecule has 0 bridgehead atoms. The molecule has 1 atom stereocenters. The van der Waals surface area contributed by atoms with Gasteiger partial charge in [-0.3, -0.25) is 0 Å². The molecule has 0 aliphatic heterocycles. The first-order valence-electron chi connectivity index (χ1n) is 4.40. The Kier molecular flexibility index (Phi) is 2.87. The van der Waals surface area contributed by atoms with Crippen LogP contribution in [0.5, 0.6) is 0 Å². The van der Waals surface area contributed by atoms with Gasteiger partial charge in [0.15, 0.2) is 0 Å². The van der Waals surface area contributed by atoms with E-state index in [0.29, 0.717) is 12.8 Å². The summed E-state index contributed by atoms with van der Waals surface area (Å²) in [6.07, 6.45) is -0.828. The minimum atomic E-state index is -5.07. The quantitative estimate of drug-likeness (QED) is 0.472. The second-order valence-electron chi connectivity index (χ2n) is 3.65. The first-order chi connectivity index (χ1) is 5.81. The molecule has 0 heterocycles. The van der Waals surface area contributed by atoms with Gasteiger partial charge < -0.3 is 12.9 Å². The molecule has 0 N–H and O–H groups in total. The molecule has 0 amide bonds. The molecule has 6 heteroatoms. The highest BCUT2D eigenvalue weighted by Crippen LogP contribution is 2.43. The Morgan fingerprint density at radius 2 is 1.77 bits per heavy atom. The van der Waals surface area contributed by atoms with E-state index in [2.05, 4.69) is 0 Å². The Labute approximate surface area is 73.6 Å². The Bertz CT molecular complexity index is 176. The number of hydrogen-bond acceptors (Lipinski definition) is 0. The molecule has 1 rings (SSSR count). The smallest absolute Gasteiger partial charge is 0.449 e. The van der Waals surface area contributed by atoms with Gasteiger partial charge >= 0.3 is 6.98 Å². The van der Waals surface area contributed by atoms with Gasteiger partial charge in [-0.15, -0.1) is 0 Å². The summed E-state index contributed by atoms with van der Waals surface area (Å²) in [5.74, 6) is -4.57. The summed E-state index contributed by atoms with van der Waals surface area (Å²) in [5, 5.41) is 0. The average molecular weight is 201 g/mol. The average Bonchev–Trinajstić information content (AvgIpc) is 1.91. The zero-order valence-electron chi connectivity index (χ0n) is 7.08. The van der Waals surface area contributed by atoms with Crippen molar-refractivity contribution in [1.29, 1.82) is 0 Å². The van der Waals surface area contributed by atoms with Crippen molar-refractivity contribution in [2.75, 3.05) is 0 Å². The zero-order chi connectivity index (χ0) is 10.1. The van der Waals surface area contributed by atoms with Crippen LogP contribution < -0.4 is 0 Å². The second kappa shape index (κ2) is 3.46. The lowest BCUT2D eigenvalue weighted by atomic mass is 9.71. The molecule has 0 nitrogen and oxygen atoms in total. The van der Waals surface area contributed by atoms with Gasteiger partial charge in [-0.05, 0) is 18.8 Å². The molecule has 13 heavy (non-hydrogen) atoms. The molecule has 78 valence electrons. The first-order valence-corrected chi connectivity index (χ1v) is 4.40. The maximum Gasteiger partial charge on any atom is 0.478 e. The number of alkyl halides is 2. The topological polar surface area (TPSA) is 0 Å². The zero-order valence-corrected chi connectivity index (χ0v) is 7.08. The molecular weight excluding hydrogens is 190 g/mol. The summed E-state index contributed by atoms with van der Waals surface area (Å²) in [6.45, 7) is -5.07. The van der Waals surface area contributed by atoms with E-state index in [4.69, 9.17) is 0 Å². The van der Waals surface area contributed by atoms with Crippen LogP contribution in [0.1, 0.15) is 25.7 Å². The summed E-state index contributed by atoms with van der Waals surface area (Å²) < 4.78 is 61.6. The predicted octanol–water partition coefficient (Wildman–Crippen LogP) is 3.66. The van der Waals surface area contributed by atoms with Crippen molar-refractivity contribution in [2.45, 2.75) is 37.9 Å². The first kappa shape index (κ1) is 10.8. The van der Waals surface area contributed by atoms with Gasteiger partial charge in [0.1, 0.15) is 0 Å². The van der Waals surface area contributed by atoms with Crippen LogP contribution in [-0.4, -0.2) is 12.9 Å². The lowest BCUT2D eigenvalue weighted by molar-refractivity contribution is -0.0805. The largest absolute Gasteiger partial charge is 0.478 e. The van der Waals surface area contributed by atoms with Crippen molar-refractivity contribution in [1.82, 2.24) is 0 Å². The minimum absolute atomic E-state index is 0.00819. The molecule has 0 aromatic carbocycles. The van der Waals surface area contributed by atoms with E-state index in [1.807, 2.05) is 0 Å². The van der Waals surface area contributed by atoms with Gasteiger partial charge in [0.25, 0.3) is 0 Å². The van der Waals surface area contributed by atoms with Gasteiger partial charge in [-0.2, -0.15) is 0 Å². The van der Waals surface area contributed by atoms with Crippen LogP contribution in [0.15, 0.2) is 0 Å². The Hall–Kier alpha value is -0.285. The van der Waals surface area contributed by atoms with Crippen molar-refractivity contribution in [3.8, 4) is 0 Å². The van der Waals surface area contributed by atoms with Crippen LogP contribution in [0.3, 0.4) is 0 Å². The van der Waals surface area contributed by atoms with E-state index in [-0.39, 0.29) is 12.8 Å². The van der Waals surface area contributed by atoms with Crippen LogP contribution in [-0.2, 0) is 0 Å². The van der Waals surface area contributed by atoms with E-state index in [9.17, 15) is 21.7 Å². The highest BCUT2D eigenvalue weighted by Gasteiger charge is 2.44. The van der Waals surface area contributed by atoms with E-state index in [0.717, 1.165) is 0 Å². The standard InChI is InChI=1S/C7H11BF5/c9-7(10)4-2-1-3-6(7)5-8(11,12)13/h6H,1-5H2/q-1. The van der Waals surface area contributed by atoms with E-state index in [1.165, 1.54) is 0 Å². The normalized spacial score (nSPS) is 28.8. The van der Waals surface area contributed by atoms with Crippen LogP contribution >= 0.6 is 0 Å². The molecule has 1 unspecified atom stereocenters. The molecular formula is C7H11BF5-. The van der Waals surface area contributed by atoms with E-state index >= 15 is 0 Å². The summed E-state index contributed by atoms with van der Waals surface area (Å²) in [6, 6.07) is 0. The van der Waals surface area contributed by atoms with Gasteiger partial charge in [-0.25, -0.2) is 8.78 Å². The van der Waals surface area contributed by atoms with Crippen molar-refractivity contribution >= 4 is 6.98 Å². The highest BCUT2D eigenvalue weighted by molar-refractivity contribution is 6.58. The second-order valence-corrected chi connectivity index (χ2v) is 3.65. The van der Waals surface area contributed by atoms with Crippen molar-refractivity contribution < 1.29 is 21.7 Å². The maximum absolute atomic E-state index is 12.9.